The van der Waals surface area contributed by atoms with Gasteiger partial charge in [-0.1, -0.05) is 65.9 Å². The number of benzene rings is 2. The van der Waals surface area contributed by atoms with E-state index in [1.165, 1.54) is 11.7 Å². The lowest BCUT2D eigenvalue weighted by atomic mass is 10.1. The van der Waals surface area contributed by atoms with Crippen LogP contribution in [0, 0.1) is 13.8 Å². The molecule has 0 bridgehead atoms. The average molecular weight is 419 g/mol. The molecule has 0 aliphatic carbocycles. The Morgan fingerprint density at radius 1 is 0.933 bits per heavy atom. The molecule has 1 amide bonds. The minimum atomic E-state index is -0.139. The van der Waals surface area contributed by atoms with Crippen LogP contribution in [-0.4, -0.2) is 34.5 Å². The molecular weight excluding hydrogens is 396 g/mol. The molecule has 2 heterocycles. The van der Waals surface area contributed by atoms with Crippen molar-refractivity contribution in [1.82, 2.24) is 28.6 Å². The molecule has 4 aromatic rings. The van der Waals surface area contributed by atoms with Gasteiger partial charge in [0.05, 0.1) is 35.4 Å². The van der Waals surface area contributed by atoms with Crippen LogP contribution in [0.5, 0.6) is 0 Å². The molecule has 30 heavy (non-hydrogen) atoms. The lowest BCUT2D eigenvalue weighted by molar-refractivity contribution is 0.0723. The van der Waals surface area contributed by atoms with Crippen molar-refractivity contribution < 1.29 is 4.79 Å². The van der Waals surface area contributed by atoms with Crippen molar-refractivity contribution in [2.24, 2.45) is 0 Å². The number of carbonyl (C=O) groups excluding carboxylic acids is 1. The Bertz CT molecular complexity index is 1080. The Morgan fingerprint density at radius 3 is 2.07 bits per heavy atom. The second-order valence-electron chi connectivity index (χ2n) is 7.11. The van der Waals surface area contributed by atoms with Gasteiger partial charge in [-0.05, 0) is 25.0 Å². The zero-order chi connectivity index (χ0) is 20.9. The Labute approximate surface area is 179 Å². The summed E-state index contributed by atoms with van der Waals surface area (Å²) >= 11 is 1.18. The van der Waals surface area contributed by atoms with Gasteiger partial charge in [0, 0.05) is 13.1 Å². The van der Waals surface area contributed by atoms with Crippen LogP contribution in [0.4, 0.5) is 0 Å². The van der Waals surface area contributed by atoms with Gasteiger partial charge in [0.15, 0.2) is 5.69 Å². The highest BCUT2D eigenvalue weighted by molar-refractivity contribution is 6.99. The third-order valence-corrected chi connectivity index (χ3v) is 5.61. The van der Waals surface area contributed by atoms with Crippen molar-refractivity contribution in [3.63, 3.8) is 0 Å². The van der Waals surface area contributed by atoms with Crippen molar-refractivity contribution in [3.8, 4) is 0 Å². The Kier molecular flexibility index (Phi) is 5.94. The molecule has 4 rings (SSSR count). The number of rotatable bonds is 7. The van der Waals surface area contributed by atoms with Gasteiger partial charge in [0.2, 0.25) is 0 Å². The van der Waals surface area contributed by atoms with Crippen LogP contribution >= 0.6 is 11.7 Å². The number of hydrogen-bond donors (Lipinski definition) is 0. The van der Waals surface area contributed by atoms with Gasteiger partial charge < -0.3 is 4.90 Å². The summed E-state index contributed by atoms with van der Waals surface area (Å²) in [7, 11) is 0. The van der Waals surface area contributed by atoms with Crippen LogP contribution < -0.4 is 0 Å². The fourth-order valence-electron chi connectivity index (χ4n) is 3.20. The summed E-state index contributed by atoms with van der Waals surface area (Å²) in [6.45, 7) is 5.22. The standard InChI is InChI=1S/C22H22N6OS/c1-16-20(25-30-24-16)15-28-17(2)21(23-26-28)22(29)27(13-18-9-5-3-6-10-18)14-19-11-7-4-8-12-19/h3-12H,13-15H2,1-2H3. The molecule has 0 radical (unpaired) electrons. The minimum absolute atomic E-state index is 0.139. The number of nitrogens with zero attached hydrogens (tertiary/aromatic N) is 6. The average Bonchev–Trinajstić information content (AvgIpc) is 3.34. The van der Waals surface area contributed by atoms with E-state index in [9.17, 15) is 4.79 Å². The van der Waals surface area contributed by atoms with Gasteiger partial charge in [-0.3, -0.25) is 4.79 Å². The first-order chi connectivity index (χ1) is 14.6. The van der Waals surface area contributed by atoms with E-state index >= 15 is 0 Å². The summed E-state index contributed by atoms with van der Waals surface area (Å²) in [5, 5.41) is 8.41. The third-order valence-electron chi connectivity index (χ3n) is 4.95. The van der Waals surface area contributed by atoms with E-state index in [4.69, 9.17) is 0 Å². The summed E-state index contributed by atoms with van der Waals surface area (Å²) < 4.78 is 10.2. The highest BCUT2D eigenvalue weighted by Gasteiger charge is 2.23. The fourth-order valence-corrected chi connectivity index (χ4v) is 3.76. The second kappa shape index (κ2) is 8.96. The molecule has 7 nitrogen and oxygen atoms in total. The maximum Gasteiger partial charge on any atom is 0.276 e. The summed E-state index contributed by atoms with van der Waals surface area (Å²) in [5.74, 6) is -0.139. The first-order valence-electron chi connectivity index (χ1n) is 9.67. The van der Waals surface area contributed by atoms with E-state index in [1.54, 1.807) is 4.68 Å². The Hall–Kier alpha value is -3.39. The van der Waals surface area contributed by atoms with Crippen molar-refractivity contribution in [1.29, 1.82) is 0 Å². The summed E-state index contributed by atoms with van der Waals surface area (Å²) in [4.78, 5) is 15.2. The molecule has 0 saturated heterocycles. The van der Waals surface area contributed by atoms with E-state index in [1.807, 2.05) is 79.4 Å². The monoisotopic (exact) mass is 418 g/mol. The summed E-state index contributed by atoms with van der Waals surface area (Å²) in [5.41, 5.74) is 4.93. The molecule has 0 N–H and O–H groups in total. The molecule has 0 fully saturated rings. The maximum absolute atomic E-state index is 13.4. The van der Waals surface area contributed by atoms with Crippen LogP contribution in [0.15, 0.2) is 60.7 Å². The van der Waals surface area contributed by atoms with E-state index in [0.717, 1.165) is 28.2 Å². The molecule has 0 atom stereocenters. The van der Waals surface area contributed by atoms with Crippen LogP contribution in [0.25, 0.3) is 0 Å². The smallest absolute Gasteiger partial charge is 0.276 e. The molecule has 0 unspecified atom stereocenters. The van der Waals surface area contributed by atoms with Gasteiger partial charge >= 0.3 is 0 Å². The van der Waals surface area contributed by atoms with Crippen LogP contribution in [0.1, 0.15) is 38.7 Å². The molecule has 0 saturated carbocycles. The number of aromatic nitrogens is 5. The highest BCUT2D eigenvalue weighted by atomic mass is 32.1. The molecule has 152 valence electrons. The molecule has 8 heteroatoms. The lowest BCUT2D eigenvalue weighted by Gasteiger charge is -2.22. The lowest BCUT2D eigenvalue weighted by Crippen LogP contribution is -2.31. The predicted octanol–water partition coefficient (Wildman–Crippen LogP) is 3.64. The molecule has 2 aromatic heterocycles. The maximum atomic E-state index is 13.4. The predicted molar refractivity (Wildman–Crippen MR) is 115 cm³/mol. The van der Waals surface area contributed by atoms with Gasteiger partial charge in [-0.25, -0.2) is 4.68 Å². The van der Waals surface area contributed by atoms with Crippen LogP contribution in [-0.2, 0) is 19.6 Å². The molecule has 0 aliphatic rings. The topological polar surface area (TPSA) is 76.8 Å². The van der Waals surface area contributed by atoms with Crippen molar-refractivity contribution >= 4 is 17.6 Å². The van der Waals surface area contributed by atoms with Crippen molar-refractivity contribution in [3.05, 3.63) is 94.6 Å². The third kappa shape index (κ3) is 4.44. The van der Waals surface area contributed by atoms with E-state index in [0.29, 0.717) is 25.3 Å². The Morgan fingerprint density at radius 2 is 1.53 bits per heavy atom. The van der Waals surface area contributed by atoms with E-state index in [-0.39, 0.29) is 5.91 Å². The molecule has 2 aromatic carbocycles. The number of amides is 1. The van der Waals surface area contributed by atoms with Crippen molar-refractivity contribution in [2.75, 3.05) is 0 Å². The minimum Gasteiger partial charge on any atom is -0.329 e. The zero-order valence-corrected chi connectivity index (χ0v) is 17.7. The van der Waals surface area contributed by atoms with E-state index in [2.05, 4.69) is 19.1 Å². The molecule has 0 aliphatic heterocycles. The first kappa shape index (κ1) is 19.9. The summed E-state index contributed by atoms with van der Waals surface area (Å²) in [6.07, 6.45) is 0. The van der Waals surface area contributed by atoms with Crippen molar-refractivity contribution in [2.45, 2.75) is 33.5 Å². The first-order valence-corrected chi connectivity index (χ1v) is 10.4. The van der Waals surface area contributed by atoms with E-state index < -0.39 is 0 Å². The normalized spacial score (nSPS) is 10.9. The van der Waals surface area contributed by atoms with Crippen LogP contribution in [0.3, 0.4) is 0 Å². The highest BCUT2D eigenvalue weighted by Crippen LogP contribution is 2.16. The van der Waals surface area contributed by atoms with Gasteiger partial charge in [-0.2, -0.15) is 8.75 Å². The van der Waals surface area contributed by atoms with Gasteiger partial charge in [0.25, 0.3) is 5.91 Å². The fraction of sp³-hybridized carbons (Fsp3) is 0.227. The largest absolute Gasteiger partial charge is 0.329 e. The quantitative estimate of drug-likeness (QED) is 0.458. The van der Waals surface area contributed by atoms with Crippen LogP contribution in [0.2, 0.25) is 0 Å². The molecule has 0 spiro atoms. The van der Waals surface area contributed by atoms with Gasteiger partial charge in [0.1, 0.15) is 0 Å². The second-order valence-corrected chi connectivity index (χ2v) is 7.64. The SMILES string of the molecule is Cc1nsnc1Cn1nnc(C(=O)N(Cc2ccccc2)Cc2ccccc2)c1C. The Balaban J connectivity index is 1.60. The number of hydrogen-bond acceptors (Lipinski definition) is 6. The number of carbonyl (C=O) groups is 1. The molecular formula is C22H22N6OS. The number of aryl methyl sites for hydroxylation is 1. The summed E-state index contributed by atoms with van der Waals surface area (Å²) in [6, 6.07) is 19.9. The van der Waals surface area contributed by atoms with Gasteiger partial charge in [-0.15, -0.1) is 5.10 Å². The zero-order valence-electron chi connectivity index (χ0n) is 16.9.